The van der Waals surface area contributed by atoms with Crippen molar-refractivity contribution in [2.24, 2.45) is 7.05 Å². The molecule has 1 aromatic heterocycles. The molecule has 1 aliphatic rings. The quantitative estimate of drug-likeness (QED) is 0.849. The van der Waals surface area contributed by atoms with Crippen molar-refractivity contribution in [1.29, 1.82) is 0 Å². The van der Waals surface area contributed by atoms with Crippen molar-refractivity contribution in [2.45, 2.75) is 39.3 Å². The Labute approximate surface area is 112 Å². The van der Waals surface area contributed by atoms with Gasteiger partial charge in [-0.25, -0.2) is 0 Å². The van der Waals surface area contributed by atoms with E-state index in [0.29, 0.717) is 13.0 Å². The van der Waals surface area contributed by atoms with Crippen molar-refractivity contribution < 1.29 is 9.59 Å². The third kappa shape index (κ3) is 2.94. The first-order chi connectivity index (χ1) is 9.01. The van der Waals surface area contributed by atoms with E-state index >= 15 is 0 Å². The molecule has 2 heterocycles. The van der Waals surface area contributed by atoms with Crippen LogP contribution in [0.25, 0.3) is 0 Å². The number of nitrogens with zero attached hydrogens (tertiary/aromatic N) is 3. The van der Waals surface area contributed by atoms with Gasteiger partial charge in [0.2, 0.25) is 11.8 Å². The van der Waals surface area contributed by atoms with Gasteiger partial charge in [0.15, 0.2) is 0 Å². The van der Waals surface area contributed by atoms with Crippen LogP contribution in [0.1, 0.15) is 31.7 Å². The Kier molecular flexibility index (Phi) is 3.87. The zero-order valence-electron chi connectivity index (χ0n) is 11.6. The van der Waals surface area contributed by atoms with E-state index in [2.05, 4.69) is 17.3 Å². The molecule has 0 bridgehead atoms. The number of hydrogen-bond donors (Lipinski definition) is 1. The molecule has 1 aromatic rings. The van der Waals surface area contributed by atoms with Crippen LogP contribution in [0.4, 0.5) is 0 Å². The van der Waals surface area contributed by atoms with Gasteiger partial charge in [-0.3, -0.25) is 14.3 Å². The van der Waals surface area contributed by atoms with E-state index in [9.17, 15) is 9.59 Å². The van der Waals surface area contributed by atoms with Crippen molar-refractivity contribution in [3.63, 3.8) is 0 Å². The number of hydrogen-bond acceptors (Lipinski definition) is 3. The molecule has 1 saturated heterocycles. The Morgan fingerprint density at radius 3 is 2.84 bits per heavy atom. The molecule has 6 heteroatoms. The van der Waals surface area contributed by atoms with Crippen molar-refractivity contribution >= 4 is 11.8 Å². The number of carbonyl (C=O) groups is 2. The van der Waals surface area contributed by atoms with Crippen LogP contribution in [0.3, 0.4) is 0 Å². The van der Waals surface area contributed by atoms with Gasteiger partial charge in [0.1, 0.15) is 0 Å². The summed E-state index contributed by atoms with van der Waals surface area (Å²) >= 11 is 0. The standard InChI is InChI=1S/C13H20N4O2/c1-4-10-6-11(16(3)15-10)8-17-9(2)5-12(18)14-7-13(17)19/h6,9H,4-5,7-8H2,1-3H3,(H,14,18). The van der Waals surface area contributed by atoms with Crippen molar-refractivity contribution in [2.75, 3.05) is 6.54 Å². The molecular formula is C13H20N4O2. The van der Waals surface area contributed by atoms with Gasteiger partial charge in [-0.2, -0.15) is 5.10 Å². The van der Waals surface area contributed by atoms with Gasteiger partial charge in [-0.15, -0.1) is 0 Å². The highest BCUT2D eigenvalue weighted by molar-refractivity contribution is 5.87. The van der Waals surface area contributed by atoms with Crippen LogP contribution in [-0.2, 0) is 29.6 Å². The molecule has 1 aliphatic heterocycles. The van der Waals surface area contributed by atoms with Gasteiger partial charge in [0.25, 0.3) is 0 Å². The summed E-state index contributed by atoms with van der Waals surface area (Å²) in [6, 6.07) is 1.93. The minimum absolute atomic E-state index is 0.0439. The smallest absolute Gasteiger partial charge is 0.242 e. The first-order valence-corrected chi connectivity index (χ1v) is 6.59. The van der Waals surface area contributed by atoms with Gasteiger partial charge in [0, 0.05) is 19.5 Å². The lowest BCUT2D eigenvalue weighted by Crippen LogP contribution is -2.39. The van der Waals surface area contributed by atoms with Crippen molar-refractivity contribution in [3.8, 4) is 0 Å². The van der Waals surface area contributed by atoms with E-state index in [4.69, 9.17) is 0 Å². The zero-order valence-corrected chi connectivity index (χ0v) is 11.6. The second-order valence-electron chi connectivity index (χ2n) is 4.96. The minimum atomic E-state index is -0.0880. The van der Waals surface area contributed by atoms with E-state index in [1.807, 2.05) is 20.0 Å². The molecule has 6 nitrogen and oxygen atoms in total. The number of amides is 2. The molecule has 0 aliphatic carbocycles. The van der Waals surface area contributed by atoms with Crippen LogP contribution in [0.5, 0.6) is 0 Å². The maximum Gasteiger partial charge on any atom is 0.242 e. The van der Waals surface area contributed by atoms with E-state index in [-0.39, 0.29) is 24.4 Å². The molecule has 1 unspecified atom stereocenters. The SMILES string of the molecule is CCc1cc(CN2C(=O)CNC(=O)CC2C)n(C)n1. The lowest BCUT2D eigenvalue weighted by Gasteiger charge is -2.26. The summed E-state index contributed by atoms with van der Waals surface area (Å²) in [5, 5.41) is 7.00. The highest BCUT2D eigenvalue weighted by Gasteiger charge is 2.27. The highest BCUT2D eigenvalue weighted by Crippen LogP contribution is 2.14. The monoisotopic (exact) mass is 264 g/mol. The fourth-order valence-electron chi connectivity index (χ4n) is 2.28. The van der Waals surface area contributed by atoms with Crippen molar-refractivity contribution in [3.05, 3.63) is 17.5 Å². The number of nitrogens with one attached hydrogen (secondary N) is 1. The van der Waals surface area contributed by atoms with Crippen LogP contribution in [0.15, 0.2) is 6.07 Å². The summed E-state index contributed by atoms with van der Waals surface area (Å²) in [4.78, 5) is 25.2. The molecule has 0 saturated carbocycles. The fourth-order valence-corrected chi connectivity index (χ4v) is 2.28. The largest absolute Gasteiger partial charge is 0.347 e. The van der Waals surface area contributed by atoms with Gasteiger partial charge in [-0.05, 0) is 19.4 Å². The summed E-state index contributed by atoms with van der Waals surface area (Å²) in [5.41, 5.74) is 2.01. The normalized spacial score (nSPS) is 20.4. The van der Waals surface area contributed by atoms with Gasteiger partial charge >= 0.3 is 0 Å². The third-order valence-corrected chi connectivity index (χ3v) is 3.49. The first-order valence-electron chi connectivity index (χ1n) is 6.59. The number of rotatable bonds is 3. The van der Waals surface area contributed by atoms with E-state index in [1.54, 1.807) is 9.58 Å². The van der Waals surface area contributed by atoms with Crippen LogP contribution in [0.2, 0.25) is 0 Å². The number of aryl methyl sites for hydroxylation is 2. The summed E-state index contributed by atoms with van der Waals surface area (Å²) in [6.07, 6.45) is 1.22. The molecular weight excluding hydrogens is 244 g/mol. The Balaban J connectivity index is 2.17. The van der Waals surface area contributed by atoms with Crippen LogP contribution in [-0.4, -0.2) is 39.1 Å². The molecule has 2 rings (SSSR count). The number of carbonyl (C=O) groups excluding carboxylic acids is 2. The lowest BCUT2D eigenvalue weighted by molar-refractivity contribution is -0.132. The second kappa shape index (κ2) is 5.42. The van der Waals surface area contributed by atoms with Gasteiger partial charge in [-0.1, -0.05) is 6.92 Å². The Hall–Kier alpha value is -1.85. The summed E-state index contributed by atoms with van der Waals surface area (Å²) in [5.74, 6) is -0.111. The van der Waals surface area contributed by atoms with E-state index in [0.717, 1.165) is 17.8 Å². The van der Waals surface area contributed by atoms with Crippen LogP contribution < -0.4 is 5.32 Å². The number of aromatic nitrogens is 2. The molecule has 0 radical (unpaired) electrons. The minimum Gasteiger partial charge on any atom is -0.347 e. The Bertz CT molecular complexity index is 495. The third-order valence-electron chi connectivity index (χ3n) is 3.49. The maximum atomic E-state index is 12.0. The zero-order chi connectivity index (χ0) is 14.0. The molecule has 1 N–H and O–H groups in total. The van der Waals surface area contributed by atoms with Crippen molar-refractivity contribution in [1.82, 2.24) is 20.0 Å². The first kappa shape index (κ1) is 13.6. The predicted octanol–water partition coefficient (Wildman–Crippen LogP) is 0.219. The summed E-state index contributed by atoms with van der Waals surface area (Å²) in [7, 11) is 1.88. The average molecular weight is 264 g/mol. The molecule has 1 fully saturated rings. The maximum absolute atomic E-state index is 12.0. The van der Waals surface area contributed by atoms with E-state index < -0.39 is 0 Å². The second-order valence-corrected chi connectivity index (χ2v) is 4.96. The molecule has 0 aromatic carbocycles. The van der Waals surface area contributed by atoms with E-state index in [1.165, 1.54) is 0 Å². The lowest BCUT2D eigenvalue weighted by atomic mass is 10.2. The average Bonchev–Trinajstić information content (AvgIpc) is 2.67. The Morgan fingerprint density at radius 2 is 2.21 bits per heavy atom. The van der Waals surface area contributed by atoms with Gasteiger partial charge in [0.05, 0.1) is 24.5 Å². The van der Waals surface area contributed by atoms with Gasteiger partial charge < -0.3 is 10.2 Å². The topological polar surface area (TPSA) is 67.2 Å². The molecule has 104 valence electrons. The van der Waals surface area contributed by atoms with Crippen LogP contribution >= 0.6 is 0 Å². The summed E-state index contributed by atoms with van der Waals surface area (Å²) in [6.45, 7) is 4.54. The highest BCUT2D eigenvalue weighted by atomic mass is 16.2. The molecule has 0 spiro atoms. The Morgan fingerprint density at radius 1 is 1.47 bits per heavy atom. The predicted molar refractivity (Wildman–Crippen MR) is 70.2 cm³/mol. The molecule has 2 amide bonds. The fraction of sp³-hybridized carbons (Fsp3) is 0.615. The molecule has 1 atom stereocenters. The van der Waals surface area contributed by atoms with Crippen LogP contribution in [0, 0.1) is 0 Å². The summed E-state index contributed by atoms with van der Waals surface area (Å²) < 4.78 is 1.80. The molecule has 19 heavy (non-hydrogen) atoms.